The maximum absolute atomic E-state index is 13.0. The Morgan fingerprint density at radius 3 is 2.44 bits per heavy atom. The van der Waals surface area contributed by atoms with E-state index in [1.54, 1.807) is 28.9 Å². The van der Waals surface area contributed by atoms with Crippen LogP contribution in [0.1, 0.15) is 27.3 Å². The number of benzene rings is 2. The summed E-state index contributed by atoms with van der Waals surface area (Å²) in [6.45, 7) is 6.86. The van der Waals surface area contributed by atoms with E-state index in [1.165, 1.54) is 24.3 Å². The Balaban J connectivity index is 1.27. The SMILES string of the molecule is Cc1nn(-c2ccc(NCCNC(=O)c3cccc(Oc4ccc(F)cc4)c3)nn2)c(C)c1C. The van der Waals surface area contributed by atoms with Crippen LogP contribution in [0.2, 0.25) is 0 Å². The van der Waals surface area contributed by atoms with Crippen molar-refractivity contribution in [2.24, 2.45) is 0 Å². The second kappa shape index (κ2) is 10.1. The highest BCUT2D eigenvalue weighted by molar-refractivity contribution is 5.94. The smallest absolute Gasteiger partial charge is 0.251 e. The molecule has 0 atom stereocenters. The van der Waals surface area contributed by atoms with Gasteiger partial charge < -0.3 is 15.4 Å². The molecule has 0 spiro atoms. The molecule has 8 nitrogen and oxygen atoms in total. The normalized spacial score (nSPS) is 10.7. The molecule has 0 aliphatic heterocycles. The Morgan fingerprint density at radius 2 is 1.76 bits per heavy atom. The standard InChI is InChI=1S/C25H25FN6O2/c1-16-17(2)31-32(18(16)3)24-12-11-23(29-30-24)27-13-14-28-25(33)19-5-4-6-22(15-19)34-21-9-7-20(26)8-10-21/h4-12,15H,13-14H2,1-3H3,(H,27,29)(H,28,33). The molecule has 0 aliphatic carbocycles. The highest BCUT2D eigenvalue weighted by Gasteiger charge is 2.11. The van der Waals surface area contributed by atoms with E-state index in [0.717, 1.165) is 17.0 Å². The minimum absolute atomic E-state index is 0.229. The zero-order chi connectivity index (χ0) is 24.1. The van der Waals surface area contributed by atoms with Crippen LogP contribution in [0.3, 0.4) is 0 Å². The topological polar surface area (TPSA) is 94.0 Å². The maximum Gasteiger partial charge on any atom is 0.251 e. The summed E-state index contributed by atoms with van der Waals surface area (Å²) in [7, 11) is 0. The van der Waals surface area contributed by atoms with Gasteiger partial charge in [0.1, 0.15) is 23.1 Å². The Bertz CT molecular complexity index is 1290. The second-order valence-corrected chi connectivity index (χ2v) is 7.75. The van der Waals surface area contributed by atoms with Crippen molar-refractivity contribution >= 4 is 11.7 Å². The van der Waals surface area contributed by atoms with Crippen molar-refractivity contribution in [2.75, 3.05) is 18.4 Å². The van der Waals surface area contributed by atoms with E-state index in [0.29, 0.717) is 41.8 Å². The van der Waals surface area contributed by atoms with Crippen LogP contribution < -0.4 is 15.4 Å². The van der Waals surface area contributed by atoms with E-state index in [-0.39, 0.29) is 11.7 Å². The summed E-state index contributed by atoms with van der Waals surface area (Å²) in [6, 6.07) is 16.2. The predicted octanol–water partition coefficient (Wildman–Crippen LogP) is 4.36. The largest absolute Gasteiger partial charge is 0.457 e. The van der Waals surface area contributed by atoms with E-state index >= 15 is 0 Å². The number of rotatable bonds is 8. The van der Waals surface area contributed by atoms with E-state index in [1.807, 2.05) is 32.9 Å². The number of amides is 1. The van der Waals surface area contributed by atoms with Gasteiger partial charge in [0.15, 0.2) is 5.82 Å². The van der Waals surface area contributed by atoms with Gasteiger partial charge in [0.05, 0.1) is 5.69 Å². The molecule has 2 N–H and O–H groups in total. The zero-order valence-electron chi connectivity index (χ0n) is 19.2. The number of aryl methyl sites for hydroxylation is 1. The number of hydrogen-bond acceptors (Lipinski definition) is 6. The van der Waals surface area contributed by atoms with Crippen LogP contribution in [0.15, 0.2) is 60.7 Å². The molecule has 0 saturated heterocycles. The number of carbonyl (C=O) groups is 1. The van der Waals surface area contributed by atoms with Gasteiger partial charge in [0, 0.05) is 24.3 Å². The molecule has 9 heteroatoms. The van der Waals surface area contributed by atoms with Gasteiger partial charge in [0.25, 0.3) is 5.91 Å². The lowest BCUT2D eigenvalue weighted by Crippen LogP contribution is -2.28. The van der Waals surface area contributed by atoms with Crippen LogP contribution in [0.25, 0.3) is 5.82 Å². The minimum Gasteiger partial charge on any atom is -0.457 e. The molecule has 4 rings (SSSR count). The number of aromatic nitrogens is 4. The lowest BCUT2D eigenvalue weighted by molar-refractivity contribution is 0.0955. The molecule has 1 amide bonds. The maximum atomic E-state index is 13.0. The van der Waals surface area contributed by atoms with E-state index in [9.17, 15) is 9.18 Å². The second-order valence-electron chi connectivity index (χ2n) is 7.75. The van der Waals surface area contributed by atoms with Crippen molar-refractivity contribution in [1.82, 2.24) is 25.3 Å². The van der Waals surface area contributed by atoms with Crippen molar-refractivity contribution in [3.63, 3.8) is 0 Å². The molecule has 174 valence electrons. The molecule has 2 heterocycles. The molecule has 34 heavy (non-hydrogen) atoms. The lowest BCUT2D eigenvalue weighted by Gasteiger charge is -2.10. The molecule has 4 aromatic rings. The molecule has 0 unspecified atom stereocenters. The third-order valence-electron chi connectivity index (χ3n) is 5.38. The van der Waals surface area contributed by atoms with Gasteiger partial charge in [-0.15, -0.1) is 10.2 Å². The number of hydrogen-bond donors (Lipinski definition) is 2. The summed E-state index contributed by atoms with van der Waals surface area (Å²) in [6.07, 6.45) is 0. The molecule has 0 fully saturated rings. The number of ether oxygens (including phenoxy) is 1. The number of nitrogens with zero attached hydrogens (tertiary/aromatic N) is 4. The van der Waals surface area contributed by atoms with Crippen LogP contribution in [-0.2, 0) is 0 Å². The van der Waals surface area contributed by atoms with Gasteiger partial charge in [-0.25, -0.2) is 9.07 Å². The fourth-order valence-electron chi connectivity index (χ4n) is 3.28. The monoisotopic (exact) mass is 460 g/mol. The van der Waals surface area contributed by atoms with E-state index < -0.39 is 0 Å². The Morgan fingerprint density at radius 1 is 0.971 bits per heavy atom. The first-order valence-electron chi connectivity index (χ1n) is 10.8. The Kier molecular flexibility index (Phi) is 6.82. The average Bonchev–Trinajstić information content (AvgIpc) is 3.11. The fraction of sp³-hybridized carbons (Fsp3) is 0.200. The van der Waals surface area contributed by atoms with Gasteiger partial charge in [-0.3, -0.25) is 4.79 Å². The van der Waals surface area contributed by atoms with Crippen LogP contribution in [0, 0.1) is 26.6 Å². The first-order valence-corrected chi connectivity index (χ1v) is 10.8. The third-order valence-corrected chi connectivity index (χ3v) is 5.38. The number of nitrogens with one attached hydrogen (secondary N) is 2. The fourth-order valence-corrected chi connectivity index (χ4v) is 3.28. The van der Waals surface area contributed by atoms with Gasteiger partial charge in [-0.05, 0) is 80.9 Å². The third kappa shape index (κ3) is 5.37. The summed E-state index contributed by atoms with van der Waals surface area (Å²) in [5.74, 6) is 1.66. The summed E-state index contributed by atoms with van der Waals surface area (Å²) in [4.78, 5) is 12.5. The van der Waals surface area contributed by atoms with Crippen LogP contribution in [0.5, 0.6) is 11.5 Å². The molecular weight excluding hydrogens is 435 g/mol. The molecule has 2 aromatic heterocycles. The predicted molar refractivity (Wildman–Crippen MR) is 127 cm³/mol. The number of carbonyl (C=O) groups excluding carboxylic acids is 1. The number of anilines is 1. The highest BCUT2D eigenvalue weighted by Crippen LogP contribution is 2.22. The summed E-state index contributed by atoms with van der Waals surface area (Å²) in [5, 5.41) is 18.9. The molecule has 0 aliphatic rings. The van der Waals surface area contributed by atoms with Crippen LogP contribution >= 0.6 is 0 Å². The molecule has 0 bridgehead atoms. The molecule has 0 saturated carbocycles. The first-order chi connectivity index (χ1) is 16.4. The van der Waals surface area contributed by atoms with Crippen molar-refractivity contribution < 1.29 is 13.9 Å². The number of halogens is 1. The summed E-state index contributed by atoms with van der Waals surface area (Å²) < 4.78 is 20.5. The summed E-state index contributed by atoms with van der Waals surface area (Å²) in [5.41, 5.74) is 3.59. The Labute approximate surface area is 196 Å². The molecule has 0 radical (unpaired) electrons. The van der Waals surface area contributed by atoms with Crippen molar-refractivity contribution in [3.8, 4) is 17.3 Å². The van der Waals surface area contributed by atoms with E-state index in [2.05, 4.69) is 25.9 Å². The van der Waals surface area contributed by atoms with E-state index in [4.69, 9.17) is 4.74 Å². The quantitative estimate of drug-likeness (QED) is 0.380. The van der Waals surface area contributed by atoms with Gasteiger partial charge in [-0.1, -0.05) is 6.07 Å². The Hall–Kier alpha value is -4.27. The first kappa shape index (κ1) is 22.9. The highest BCUT2D eigenvalue weighted by atomic mass is 19.1. The van der Waals surface area contributed by atoms with Crippen LogP contribution in [-0.4, -0.2) is 39.0 Å². The average molecular weight is 461 g/mol. The minimum atomic E-state index is -0.339. The molecule has 2 aromatic carbocycles. The van der Waals surface area contributed by atoms with Crippen molar-refractivity contribution in [3.05, 3.63) is 89.0 Å². The van der Waals surface area contributed by atoms with Gasteiger partial charge in [0.2, 0.25) is 0 Å². The summed E-state index contributed by atoms with van der Waals surface area (Å²) >= 11 is 0. The van der Waals surface area contributed by atoms with Gasteiger partial charge in [-0.2, -0.15) is 5.10 Å². The van der Waals surface area contributed by atoms with Crippen molar-refractivity contribution in [2.45, 2.75) is 20.8 Å². The molecular formula is C25H25FN6O2. The lowest BCUT2D eigenvalue weighted by atomic mass is 10.2. The zero-order valence-corrected chi connectivity index (χ0v) is 19.2. The van der Waals surface area contributed by atoms with Crippen LogP contribution in [0.4, 0.5) is 10.2 Å². The van der Waals surface area contributed by atoms with Crippen molar-refractivity contribution in [1.29, 1.82) is 0 Å². The van der Waals surface area contributed by atoms with Gasteiger partial charge >= 0.3 is 0 Å².